The highest BCUT2D eigenvalue weighted by Crippen LogP contribution is 2.26. The largest absolute Gasteiger partial charge is 0.465 e. The smallest absolute Gasteiger partial charge is 0.318 e. The maximum atomic E-state index is 13.2. The minimum atomic E-state index is -0.588. The summed E-state index contributed by atoms with van der Waals surface area (Å²) in [6.45, 7) is 3.86. The molecular formula is C14H14BrFN2O3. The predicted molar refractivity (Wildman–Crippen MR) is 77.1 cm³/mol. The van der Waals surface area contributed by atoms with Crippen molar-refractivity contribution in [1.29, 1.82) is 0 Å². The summed E-state index contributed by atoms with van der Waals surface area (Å²) in [5.74, 6) is -0.856. The average molecular weight is 357 g/mol. The fourth-order valence-electron chi connectivity index (χ4n) is 1.81. The lowest BCUT2D eigenvalue weighted by Crippen LogP contribution is -2.15. The minimum Gasteiger partial charge on any atom is -0.465 e. The van der Waals surface area contributed by atoms with Gasteiger partial charge in [0.25, 0.3) is 0 Å². The molecule has 2 aromatic rings. The molecule has 0 aliphatic rings. The number of ether oxygens (including phenoxy) is 1. The van der Waals surface area contributed by atoms with Gasteiger partial charge in [0.05, 0.1) is 11.1 Å². The van der Waals surface area contributed by atoms with Crippen molar-refractivity contribution < 1.29 is 18.4 Å². The van der Waals surface area contributed by atoms with Crippen molar-refractivity contribution in [1.82, 2.24) is 10.1 Å². The number of nitrogens with zero attached hydrogens (tertiary/aromatic N) is 2. The third-order valence-electron chi connectivity index (χ3n) is 2.90. The van der Waals surface area contributed by atoms with Gasteiger partial charge in [0.15, 0.2) is 0 Å². The Labute approximate surface area is 129 Å². The first-order chi connectivity index (χ1) is 10.1. The first-order valence-corrected chi connectivity index (χ1v) is 7.31. The Kier molecular flexibility index (Phi) is 5.06. The molecule has 1 unspecified atom stereocenters. The highest BCUT2D eigenvalue weighted by atomic mass is 79.9. The van der Waals surface area contributed by atoms with Crippen LogP contribution >= 0.6 is 15.9 Å². The van der Waals surface area contributed by atoms with Crippen molar-refractivity contribution in [3.8, 4) is 11.4 Å². The van der Waals surface area contributed by atoms with Gasteiger partial charge < -0.3 is 9.26 Å². The zero-order valence-corrected chi connectivity index (χ0v) is 13.2. The van der Waals surface area contributed by atoms with Gasteiger partial charge >= 0.3 is 5.97 Å². The van der Waals surface area contributed by atoms with Crippen LogP contribution < -0.4 is 0 Å². The van der Waals surface area contributed by atoms with E-state index in [0.29, 0.717) is 28.9 Å². The first kappa shape index (κ1) is 15.6. The third-order valence-corrected chi connectivity index (χ3v) is 3.50. The van der Waals surface area contributed by atoms with E-state index in [1.54, 1.807) is 19.1 Å². The van der Waals surface area contributed by atoms with Crippen LogP contribution in [0.3, 0.4) is 0 Å². The van der Waals surface area contributed by atoms with Gasteiger partial charge in [-0.1, -0.05) is 12.1 Å². The molecule has 0 saturated heterocycles. The Morgan fingerprint density at radius 3 is 2.86 bits per heavy atom. The Hall–Kier alpha value is -1.76. The van der Waals surface area contributed by atoms with Crippen LogP contribution in [-0.4, -0.2) is 22.7 Å². The normalized spacial score (nSPS) is 12.2. The topological polar surface area (TPSA) is 65.2 Å². The van der Waals surface area contributed by atoms with Crippen molar-refractivity contribution in [2.45, 2.75) is 26.2 Å². The Morgan fingerprint density at radius 1 is 1.48 bits per heavy atom. The van der Waals surface area contributed by atoms with Gasteiger partial charge in [-0.05, 0) is 47.5 Å². The SMILES string of the molecule is CCOC(=O)C(CC)c1nc(-c2ccc(F)c(Br)c2)no1. The summed E-state index contributed by atoms with van der Waals surface area (Å²) >= 11 is 3.10. The van der Waals surface area contributed by atoms with Crippen LogP contribution in [0.2, 0.25) is 0 Å². The van der Waals surface area contributed by atoms with Crippen LogP contribution in [-0.2, 0) is 9.53 Å². The van der Waals surface area contributed by atoms with E-state index >= 15 is 0 Å². The van der Waals surface area contributed by atoms with Gasteiger partial charge in [0.2, 0.25) is 11.7 Å². The van der Waals surface area contributed by atoms with Crippen LogP contribution in [0.4, 0.5) is 4.39 Å². The molecule has 112 valence electrons. The van der Waals surface area contributed by atoms with Gasteiger partial charge in [0, 0.05) is 5.56 Å². The molecule has 0 aliphatic carbocycles. The molecule has 1 aromatic carbocycles. The number of esters is 1. The lowest BCUT2D eigenvalue weighted by atomic mass is 10.1. The first-order valence-electron chi connectivity index (χ1n) is 6.52. The average Bonchev–Trinajstić information content (AvgIpc) is 2.92. The van der Waals surface area contributed by atoms with E-state index in [-0.39, 0.29) is 11.7 Å². The second-order valence-electron chi connectivity index (χ2n) is 4.30. The maximum absolute atomic E-state index is 13.2. The van der Waals surface area contributed by atoms with E-state index < -0.39 is 11.9 Å². The van der Waals surface area contributed by atoms with Crippen molar-refractivity contribution in [2.24, 2.45) is 0 Å². The van der Waals surface area contributed by atoms with E-state index in [0.717, 1.165) is 0 Å². The molecule has 0 radical (unpaired) electrons. The Bertz CT molecular complexity index is 645. The quantitative estimate of drug-likeness (QED) is 0.764. The number of rotatable bonds is 5. The summed E-state index contributed by atoms with van der Waals surface area (Å²) in [5, 5.41) is 3.83. The van der Waals surface area contributed by atoms with Crippen LogP contribution in [0.1, 0.15) is 32.1 Å². The number of hydrogen-bond donors (Lipinski definition) is 0. The molecule has 0 saturated carbocycles. The molecule has 0 aliphatic heterocycles. The van der Waals surface area contributed by atoms with E-state index in [2.05, 4.69) is 26.1 Å². The molecule has 0 fully saturated rings. The molecule has 1 atom stereocenters. The van der Waals surface area contributed by atoms with Crippen LogP contribution in [0, 0.1) is 5.82 Å². The molecule has 0 N–H and O–H groups in total. The third kappa shape index (κ3) is 3.47. The number of carbonyl (C=O) groups excluding carboxylic acids is 1. The van der Waals surface area contributed by atoms with E-state index in [1.165, 1.54) is 6.07 Å². The molecule has 2 rings (SSSR count). The Balaban J connectivity index is 2.27. The summed E-state index contributed by atoms with van der Waals surface area (Å²) in [7, 11) is 0. The molecule has 0 spiro atoms. The fourth-order valence-corrected chi connectivity index (χ4v) is 2.19. The van der Waals surface area contributed by atoms with Gasteiger partial charge in [-0.3, -0.25) is 4.79 Å². The standard InChI is InChI=1S/C14H14BrFN2O3/c1-3-9(14(19)20-4-2)13-17-12(18-21-13)8-5-6-11(16)10(15)7-8/h5-7,9H,3-4H2,1-2H3. The molecule has 7 heteroatoms. The molecule has 1 heterocycles. The van der Waals surface area contributed by atoms with Gasteiger partial charge in [0.1, 0.15) is 11.7 Å². The summed E-state index contributed by atoms with van der Waals surface area (Å²) in [6.07, 6.45) is 0.494. The lowest BCUT2D eigenvalue weighted by molar-refractivity contribution is -0.145. The minimum absolute atomic E-state index is 0.200. The maximum Gasteiger partial charge on any atom is 0.318 e. The van der Waals surface area contributed by atoms with E-state index in [1.807, 2.05) is 6.92 Å². The second kappa shape index (κ2) is 6.80. The van der Waals surface area contributed by atoms with Crippen molar-refractivity contribution >= 4 is 21.9 Å². The Morgan fingerprint density at radius 2 is 2.24 bits per heavy atom. The summed E-state index contributed by atoms with van der Waals surface area (Å²) in [4.78, 5) is 16.0. The van der Waals surface area contributed by atoms with Gasteiger partial charge in [-0.15, -0.1) is 0 Å². The number of benzene rings is 1. The monoisotopic (exact) mass is 356 g/mol. The van der Waals surface area contributed by atoms with Gasteiger partial charge in [-0.25, -0.2) is 4.39 Å². The fraction of sp³-hybridized carbons (Fsp3) is 0.357. The number of carbonyl (C=O) groups is 1. The van der Waals surface area contributed by atoms with Gasteiger partial charge in [-0.2, -0.15) is 4.98 Å². The van der Waals surface area contributed by atoms with Crippen LogP contribution in [0.15, 0.2) is 27.2 Å². The molecule has 0 amide bonds. The molecule has 21 heavy (non-hydrogen) atoms. The number of halogens is 2. The predicted octanol–water partition coefficient (Wildman–Crippen LogP) is 3.69. The van der Waals surface area contributed by atoms with Crippen molar-refractivity contribution in [3.05, 3.63) is 34.4 Å². The van der Waals surface area contributed by atoms with E-state index in [9.17, 15) is 9.18 Å². The highest BCUT2D eigenvalue weighted by molar-refractivity contribution is 9.10. The van der Waals surface area contributed by atoms with Crippen molar-refractivity contribution in [3.63, 3.8) is 0 Å². The summed E-state index contributed by atoms with van der Waals surface area (Å²) in [6, 6.07) is 4.40. The number of hydrogen-bond acceptors (Lipinski definition) is 5. The summed E-state index contributed by atoms with van der Waals surface area (Å²) < 4.78 is 23.6. The van der Waals surface area contributed by atoms with Crippen molar-refractivity contribution in [2.75, 3.05) is 6.61 Å². The highest BCUT2D eigenvalue weighted by Gasteiger charge is 2.26. The zero-order valence-electron chi connectivity index (χ0n) is 11.6. The zero-order chi connectivity index (χ0) is 15.4. The summed E-state index contributed by atoms with van der Waals surface area (Å²) in [5.41, 5.74) is 0.594. The van der Waals surface area contributed by atoms with Crippen LogP contribution in [0.5, 0.6) is 0 Å². The van der Waals surface area contributed by atoms with Crippen LogP contribution in [0.25, 0.3) is 11.4 Å². The molecular weight excluding hydrogens is 343 g/mol. The molecule has 1 aromatic heterocycles. The number of aromatic nitrogens is 2. The second-order valence-corrected chi connectivity index (χ2v) is 5.15. The molecule has 0 bridgehead atoms. The lowest BCUT2D eigenvalue weighted by Gasteiger charge is -2.08. The van der Waals surface area contributed by atoms with E-state index in [4.69, 9.17) is 9.26 Å². The molecule has 5 nitrogen and oxygen atoms in total.